The van der Waals surface area contributed by atoms with Gasteiger partial charge < -0.3 is 28.5 Å². The topological polar surface area (TPSA) is 114 Å². The van der Waals surface area contributed by atoms with Gasteiger partial charge in [-0.1, -0.05) is 193 Å². The number of nitrogens with one attached hydrogen (secondary N) is 1. The van der Waals surface area contributed by atoms with Crippen molar-refractivity contribution in [3.05, 3.63) is 24.3 Å². The largest absolute Gasteiger partial charge is 0.756 e. The van der Waals surface area contributed by atoms with Crippen molar-refractivity contribution < 1.29 is 37.3 Å². The third kappa shape index (κ3) is 43.5. The number of esters is 1. The smallest absolute Gasteiger partial charge is 0.306 e. The first kappa shape index (κ1) is 59.5. The summed E-state index contributed by atoms with van der Waals surface area (Å²) in [5, 5.41) is 3.00. The van der Waals surface area contributed by atoms with Gasteiger partial charge in [-0.2, -0.15) is 0 Å². The average molecular weight is 883 g/mol. The summed E-state index contributed by atoms with van der Waals surface area (Å²) in [6.45, 7) is 6.80. The number of likely N-dealkylation sites (N-methyl/N-ethyl adjacent to an activating group) is 1. The second-order valence-electron chi connectivity index (χ2n) is 18.7. The fourth-order valence-electron chi connectivity index (χ4n) is 7.34. The Bertz CT molecular complexity index is 1110. The number of carbonyl (C=O) groups is 2. The Kier molecular flexibility index (Phi) is 41.4. The van der Waals surface area contributed by atoms with Gasteiger partial charge in [0.05, 0.1) is 33.8 Å². The Morgan fingerprint density at radius 2 is 0.951 bits per heavy atom. The number of nitrogens with zero attached hydrogens (tertiary/aromatic N) is 1. The first-order valence-corrected chi connectivity index (χ1v) is 27.1. The van der Waals surface area contributed by atoms with Crippen molar-refractivity contribution in [3.63, 3.8) is 0 Å². The van der Waals surface area contributed by atoms with E-state index in [2.05, 4.69) is 38.2 Å². The molecule has 360 valence electrons. The highest BCUT2D eigenvalue weighted by Gasteiger charge is 2.27. The standard InChI is InChI=1S/C51H99N2O7P/c1-7-10-13-16-19-22-25-26-29-31-34-37-40-43-50(54)52-48(47-59-61(56,57)58-46-45-53(4,5)6)49(42-39-36-33-30-27-23-20-17-14-11-8-2)60-51(55)44-41-38-35-32-28-24-21-18-15-12-9-3/h26,29,39,42,48-49H,7-25,27-28,30-38,40-41,43-47H2,1-6H3,(H-,52,54,56,57)/b29-26-,42-39+. The SMILES string of the molecule is CCCCCCCC/C=C\CCCCCC(=O)NC(COP(=O)([O-])OCC[N+](C)(C)C)C(/C=C/CCCCCCCCCCC)OC(=O)CCCCCCCCCCCCC. The highest BCUT2D eigenvalue weighted by molar-refractivity contribution is 7.45. The first-order chi connectivity index (χ1) is 29.4. The maximum atomic E-state index is 13.4. The van der Waals surface area contributed by atoms with Crippen LogP contribution in [-0.2, 0) is 27.9 Å². The van der Waals surface area contributed by atoms with Gasteiger partial charge in [0.1, 0.15) is 19.3 Å². The highest BCUT2D eigenvalue weighted by atomic mass is 31.2. The first-order valence-electron chi connectivity index (χ1n) is 25.6. The summed E-state index contributed by atoms with van der Waals surface area (Å²) in [4.78, 5) is 39.5. The zero-order valence-electron chi connectivity index (χ0n) is 40.9. The number of phosphoric acid groups is 1. The van der Waals surface area contributed by atoms with Gasteiger partial charge in [0.15, 0.2) is 0 Å². The normalized spacial score (nSPS) is 14.1. The summed E-state index contributed by atoms with van der Waals surface area (Å²) < 4.78 is 30.0. The molecule has 3 atom stereocenters. The quantitative estimate of drug-likeness (QED) is 0.0213. The molecule has 0 radical (unpaired) electrons. The molecule has 0 saturated heterocycles. The number of amides is 1. The van der Waals surface area contributed by atoms with Gasteiger partial charge in [-0.25, -0.2) is 0 Å². The van der Waals surface area contributed by atoms with E-state index in [0.29, 0.717) is 17.4 Å². The lowest BCUT2D eigenvalue weighted by molar-refractivity contribution is -0.870. The zero-order valence-corrected chi connectivity index (χ0v) is 41.8. The van der Waals surface area contributed by atoms with Crippen LogP contribution in [0.5, 0.6) is 0 Å². The predicted octanol–water partition coefficient (Wildman–Crippen LogP) is 14.0. The molecule has 0 aliphatic heterocycles. The monoisotopic (exact) mass is 883 g/mol. The number of hydrogen-bond donors (Lipinski definition) is 1. The molecule has 0 rings (SSSR count). The molecule has 0 fully saturated rings. The van der Waals surface area contributed by atoms with E-state index in [0.717, 1.165) is 70.6 Å². The number of hydrogen-bond acceptors (Lipinski definition) is 7. The second kappa shape index (κ2) is 42.4. The van der Waals surface area contributed by atoms with Gasteiger partial charge in [0.25, 0.3) is 7.82 Å². The molecular formula is C51H99N2O7P. The summed E-state index contributed by atoms with van der Waals surface area (Å²) in [5.74, 6) is -0.556. The molecule has 0 aromatic rings. The van der Waals surface area contributed by atoms with Crippen molar-refractivity contribution in [2.75, 3.05) is 40.9 Å². The van der Waals surface area contributed by atoms with Crippen molar-refractivity contribution in [2.45, 2.75) is 251 Å². The maximum absolute atomic E-state index is 13.4. The van der Waals surface area contributed by atoms with Gasteiger partial charge in [-0.05, 0) is 57.4 Å². The zero-order chi connectivity index (χ0) is 45.1. The Labute approximate surface area is 377 Å². The van der Waals surface area contributed by atoms with Crippen LogP contribution in [0.4, 0.5) is 0 Å². The fourth-order valence-corrected chi connectivity index (χ4v) is 8.06. The van der Waals surface area contributed by atoms with Crippen LogP contribution in [0.25, 0.3) is 0 Å². The molecule has 10 heteroatoms. The minimum Gasteiger partial charge on any atom is -0.756 e. The van der Waals surface area contributed by atoms with E-state index >= 15 is 0 Å². The van der Waals surface area contributed by atoms with Crippen LogP contribution in [0.1, 0.15) is 239 Å². The van der Waals surface area contributed by atoms with Crippen LogP contribution in [0.2, 0.25) is 0 Å². The van der Waals surface area contributed by atoms with Crippen molar-refractivity contribution in [1.82, 2.24) is 5.32 Å². The number of ether oxygens (including phenoxy) is 1. The average Bonchev–Trinajstić information content (AvgIpc) is 3.21. The number of allylic oxidation sites excluding steroid dienone is 3. The molecule has 0 aromatic carbocycles. The Hall–Kier alpha value is -1.51. The molecule has 0 saturated carbocycles. The van der Waals surface area contributed by atoms with E-state index in [1.165, 1.54) is 135 Å². The number of rotatable bonds is 46. The molecule has 9 nitrogen and oxygen atoms in total. The van der Waals surface area contributed by atoms with E-state index in [-0.39, 0.29) is 31.5 Å². The Balaban J connectivity index is 5.45. The molecule has 3 unspecified atom stereocenters. The lowest BCUT2D eigenvalue weighted by Gasteiger charge is -2.30. The van der Waals surface area contributed by atoms with Gasteiger partial charge >= 0.3 is 5.97 Å². The predicted molar refractivity (Wildman–Crippen MR) is 257 cm³/mol. The molecule has 0 bridgehead atoms. The Morgan fingerprint density at radius 3 is 1.41 bits per heavy atom. The summed E-state index contributed by atoms with van der Waals surface area (Å²) in [6.07, 6.45) is 45.7. The molecular weight excluding hydrogens is 784 g/mol. The molecule has 0 aliphatic carbocycles. The van der Waals surface area contributed by atoms with Crippen LogP contribution in [-0.4, -0.2) is 69.4 Å². The third-order valence-corrected chi connectivity index (χ3v) is 12.3. The van der Waals surface area contributed by atoms with Crippen molar-refractivity contribution in [3.8, 4) is 0 Å². The molecule has 0 spiro atoms. The van der Waals surface area contributed by atoms with E-state index in [1.807, 2.05) is 33.3 Å². The Morgan fingerprint density at radius 1 is 0.557 bits per heavy atom. The lowest BCUT2D eigenvalue weighted by Crippen LogP contribution is -2.47. The highest BCUT2D eigenvalue weighted by Crippen LogP contribution is 2.38. The van der Waals surface area contributed by atoms with Gasteiger partial charge in [0.2, 0.25) is 5.91 Å². The van der Waals surface area contributed by atoms with Crippen LogP contribution >= 0.6 is 7.82 Å². The van der Waals surface area contributed by atoms with E-state index in [1.54, 1.807) is 0 Å². The van der Waals surface area contributed by atoms with Crippen molar-refractivity contribution >= 4 is 19.7 Å². The molecule has 0 aliphatic rings. The number of quaternary nitrogens is 1. The molecule has 1 N–H and O–H groups in total. The van der Waals surface area contributed by atoms with Crippen molar-refractivity contribution in [2.24, 2.45) is 0 Å². The number of carbonyl (C=O) groups excluding carboxylic acids is 2. The third-order valence-electron chi connectivity index (χ3n) is 11.4. The number of phosphoric ester groups is 1. The van der Waals surface area contributed by atoms with E-state index in [4.69, 9.17) is 13.8 Å². The number of unbranched alkanes of at least 4 members (excludes halogenated alkanes) is 28. The summed E-state index contributed by atoms with van der Waals surface area (Å²) in [5.41, 5.74) is 0. The lowest BCUT2D eigenvalue weighted by atomic mass is 10.0. The van der Waals surface area contributed by atoms with Crippen LogP contribution in [0.15, 0.2) is 24.3 Å². The molecule has 0 heterocycles. The van der Waals surface area contributed by atoms with Crippen LogP contribution in [0.3, 0.4) is 0 Å². The van der Waals surface area contributed by atoms with E-state index in [9.17, 15) is 19.0 Å². The molecule has 1 amide bonds. The minimum absolute atomic E-state index is 0.0223. The maximum Gasteiger partial charge on any atom is 0.306 e. The summed E-state index contributed by atoms with van der Waals surface area (Å²) >= 11 is 0. The van der Waals surface area contributed by atoms with Gasteiger partial charge in [-0.15, -0.1) is 0 Å². The van der Waals surface area contributed by atoms with Crippen LogP contribution < -0.4 is 10.2 Å². The summed E-state index contributed by atoms with van der Waals surface area (Å²) in [7, 11) is 1.18. The second-order valence-corrected chi connectivity index (χ2v) is 20.1. The van der Waals surface area contributed by atoms with Crippen LogP contribution in [0, 0.1) is 0 Å². The molecule has 61 heavy (non-hydrogen) atoms. The minimum atomic E-state index is -4.68. The van der Waals surface area contributed by atoms with Gasteiger partial charge in [-0.3, -0.25) is 14.2 Å². The summed E-state index contributed by atoms with van der Waals surface area (Å²) in [6, 6.07) is -0.887. The van der Waals surface area contributed by atoms with Crippen molar-refractivity contribution in [1.29, 1.82) is 0 Å². The molecule has 0 aromatic heterocycles. The van der Waals surface area contributed by atoms with E-state index < -0.39 is 20.0 Å². The van der Waals surface area contributed by atoms with Gasteiger partial charge in [0, 0.05) is 12.8 Å². The fraction of sp³-hybridized carbons (Fsp3) is 0.882.